The first-order valence-corrected chi connectivity index (χ1v) is 9.48. The molecular formula is C21H25NO4. The molecule has 3 heterocycles. The van der Waals surface area contributed by atoms with Gasteiger partial charge in [-0.05, 0) is 25.0 Å². The maximum atomic E-state index is 13.2. The van der Waals surface area contributed by atoms with Crippen molar-refractivity contribution in [2.75, 3.05) is 18.1 Å². The van der Waals surface area contributed by atoms with Crippen LogP contribution in [0.3, 0.4) is 0 Å². The van der Waals surface area contributed by atoms with Crippen LogP contribution in [-0.2, 0) is 19.1 Å². The Morgan fingerprint density at radius 3 is 2.92 bits per heavy atom. The molecule has 3 aliphatic rings. The summed E-state index contributed by atoms with van der Waals surface area (Å²) in [6.07, 6.45) is 6.51. The molecule has 3 aliphatic heterocycles. The first-order chi connectivity index (χ1) is 12.6. The predicted octanol–water partition coefficient (Wildman–Crippen LogP) is 3.01. The summed E-state index contributed by atoms with van der Waals surface area (Å²) >= 11 is 0. The van der Waals surface area contributed by atoms with Crippen molar-refractivity contribution in [3.63, 3.8) is 0 Å². The first-order valence-electron chi connectivity index (χ1n) is 9.48. The number of amides is 1. The normalized spacial score (nSPS) is 31.5. The molecule has 1 amide bonds. The summed E-state index contributed by atoms with van der Waals surface area (Å²) in [6, 6.07) is 7.81. The fourth-order valence-electron chi connectivity index (χ4n) is 4.46. The predicted molar refractivity (Wildman–Crippen MR) is 97.7 cm³/mol. The molecule has 1 aromatic carbocycles. The van der Waals surface area contributed by atoms with Gasteiger partial charge in [0.2, 0.25) is 5.91 Å². The molecule has 5 heteroatoms. The van der Waals surface area contributed by atoms with Gasteiger partial charge in [-0.15, -0.1) is 0 Å². The van der Waals surface area contributed by atoms with Gasteiger partial charge in [0.15, 0.2) is 0 Å². The van der Waals surface area contributed by atoms with E-state index < -0.39 is 17.4 Å². The van der Waals surface area contributed by atoms with Crippen LogP contribution in [0.2, 0.25) is 0 Å². The monoisotopic (exact) mass is 355 g/mol. The van der Waals surface area contributed by atoms with Gasteiger partial charge in [0.1, 0.15) is 11.5 Å². The number of rotatable bonds is 6. The van der Waals surface area contributed by atoms with Crippen LogP contribution in [0, 0.1) is 18.8 Å². The molecule has 0 aliphatic carbocycles. The maximum absolute atomic E-state index is 13.2. The van der Waals surface area contributed by atoms with Gasteiger partial charge in [0, 0.05) is 5.69 Å². The second kappa shape index (κ2) is 6.54. The molecule has 2 bridgehead atoms. The number of fused-ring (bicyclic) bond motifs is 1. The van der Waals surface area contributed by atoms with E-state index in [1.54, 1.807) is 4.90 Å². The molecule has 4 rings (SSSR count). The SMILES string of the molecule is CCCCCOC(=O)[C@H]1[C@H]2C(=O)N(c3ccccc3C)C[C@@]23C=C[C@H]1O3. The van der Waals surface area contributed by atoms with Crippen molar-refractivity contribution in [3.05, 3.63) is 42.0 Å². The van der Waals surface area contributed by atoms with E-state index in [1.165, 1.54) is 0 Å². The standard InChI is InChI=1S/C21H25NO4/c1-3-4-7-12-25-20(24)17-16-10-11-21(26-16)13-22(19(23)18(17)21)15-9-6-5-8-14(15)2/h5-6,8-11,16-18H,3-4,7,12-13H2,1-2H3/t16-,17-,18+,21+/m1/s1. The molecule has 2 saturated heterocycles. The van der Waals surface area contributed by atoms with E-state index in [2.05, 4.69) is 6.92 Å². The largest absolute Gasteiger partial charge is 0.465 e. The highest BCUT2D eigenvalue weighted by atomic mass is 16.6. The molecule has 0 saturated carbocycles. The zero-order valence-electron chi connectivity index (χ0n) is 15.3. The number of nitrogens with zero attached hydrogens (tertiary/aromatic N) is 1. The number of carbonyl (C=O) groups excluding carboxylic acids is 2. The van der Waals surface area contributed by atoms with E-state index in [1.807, 2.05) is 43.3 Å². The molecule has 0 aromatic heterocycles. The Bertz CT molecular complexity index is 758. The van der Waals surface area contributed by atoms with Gasteiger partial charge in [0.25, 0.3) is 0 Å². The summed E-state index contributed by atoms with van der Waals surface area (Å²) in [4.78, 5) is 27.7. The van der Waals surface area contributed by atoms with Crippen molar-refractivity contribution in [2.24, 2.45) is 11.8 Å². The second-order valence-corrected chi connectivity index (χ2v) is 7.49. The molecule has 138 valence electrons. The van der Waals surface area contributed by atoms with Gasteiger partial charge in [-0.2, -0.15) is 0 Å². The molecular weight excluding hydrogens is 330 g/mol. The number of hydrogen-bond acceptors (Lipinski definition) is 4. The van der Waals surface area contributed by atoms with E-state index in [9.17, 15) is 9.59 Å². The Labute approximate surface area is 154 Å². The smallest absolute Gasteiger partial charge is 0.312 e. The third kappa shape index (κ3) is 2.57. The average Bonchev–Trinajstić information content (AvgIpc) is 3.27. The topological polar surface area (TPSA) is 55.8 Å². The summed E-state index contributed by atoms with van der Waals surface area (Å²) in [7, 11) is 0. The summed E-state index contributed by atoms with van der Waals surface area (Å²) in [5.74, 6) is -1.37. The Morgan fingerprint density at radius 1 is 1.35 bits per heavy atom. The molecule has 1 spiro atoms. The molecule has 1 aromatic rings. The van der Waals surface area contributed by atoms with E-state index in [0.29, 0.717) is 13.2 Å². The van der Waals surface area contributed by atoms with Gasteiger partial charge >= 0.3 is 5.97 Å². The van der Waals surface area contributed by atoms with E-state index in [-0.39, 0.29) is 18.0 Å². The van der Waals surface area contributed by atoms with E-state index >= 15 is 0 Å². The van der Waals surface area contributed by atoms with Crippen molar-refractivity contribution in [1.82, 2.24) is 0 Å². The molecule has 4 atom stereocenters. The fourth-order valence-corrected chi connectivity index (χ4v) is 4.46. The number of aryl methyl sites for hydroxylation is 1. The lowest BCUT2D eigenvalue weighted by atomic mass is 9.77. The van der Waals surface area contributed by atoms with Crippen LogP contribution in [0.4, 0.5) is 5.69 Å². The highest BCUT2D eigenvalue weighted by Gasteiger charge is 2.67. The van der Waals surface area contributed by atoms with Crippen LogP contribution in [-0.4, -0.2) is 36.7 Å². The molecule has 0 N–H and O–H groups in total. The highest BCUT2D eigenvalue weighted by molar-refractivity contribution is 6.03. The zero-order chi connectivity index (χ0) is 18.3. The Hall–Kier alpha value is -2.14. The van der Waals surface area contributed by atoms with Crippen LogP contribution in [0.1, 0.15) is 31.7 Å². The Balaban J connectivity index is 1.56. The zero-order valence-corrected chi connectivity index (χ0v) is 15.3. The fraction of sp³-hybridized carbons (Fsp3) is 0.524. The van der Waals surface area contributed by atoms with Crippen molar-refractivity contribution < 1.29 is 19.1 Å². The summed E-state index contributed by atoms with van der Waals surface area (Å²) in [5, 5.41) is 0. The Morgan fingerprint density at radius 2 is 2.15 bits per heavy atom. The molecule has 2 fully saturated rings. The summed E-state index contributed by atoms with van der Waals surface area (Å²) in [5.41, 5.74) is 1.23. The average molecular weight is 355 g/mol. The minimum absolute atomic E-state index is 0.0401. The van der Waals surface area contributed by atoms with Crippen LogP contribution in [0.25, 0.3) is 0 Å². The number of esters is 1. The lowest BCUT2D eigenvalue weighted by Gasteiger charge is -2.23. The lowest BCUT2D eigenvalue weighted by molar-refractivity contribution is -0.152. The molecule has 26 heavy (non-hydrogen) atoms. The van der Waals surface area contributed by atoms with Crippen LogP contribution < -0.4 is 4.90 Å². The second-order valence-electron chi connectivity index (χ2n) is 7.49. The van der Waals surface area contributed by atoms with Gasteiger partial charge in [-0.1, -0.05) is 50.1 Å². The number of anilines is 1. The van der Waals surface area contributed by atoms with Gasteiger partial charge in [-0.25, -0.2) is 0 Å². The van der Waals surface area contributed by atoms with E-state index in [0.717, 1.165) is 30.5 Å². The van der Waals surface area contributed by atoms with Gasteiger partial charge < -0.3 is 14.4 Å². The van der Waals surface area contributed by atoms with Crippen molar-refractivity contribution in [1.29, 1.82) is 0 Å². The minimum atomic E-state index is -0.697. The minimum Gasteiger partial charge on any atom is -0.465 e. The third-order valence-electron chi connectivity index (χ3n) is 5.77. The van der Waals surface area contributed by atoms with Gasteiger partial charge in [0.05, 0.1) is 25.2 Å². The highest BCUT2D eigenvalue weighted by Crippen LogP contribution is 2.53. The lowest BCUT2D eigenvalue weighted by Crippen LogP contribution is -2.40. The van der Waals surface area contributed by atoms with Gasteiger partial charge in [-0.3, -0.25) is 9.59 Å². The molecule has 5 nitrogen and oxygen atoms in total. The van der Waals surface area contributed by atoms with E-state index in [4.69, 9.17) is 9.47 Å². The molecule has 0 unspecified atom stereocenters. The summed E-state index contributed by atoms with van der Waals surface area (Å²) in [6.45, 7) is 4.96. The van der Waals surface area contributed by atoms with Crippen LogP contribution in [0.5, 0.6) is 0 Å². The Kier molecular flexibility index (Phi) is 4.35. The number of carbonyl (C=O) groups is 2. The number of para-hydroxylation sites is 1. The number of ether oxygens (including phenoxy) is 2. The van der Waals surface area contributed by atoms with Crippen molar-refractivity contribution in [2.45, 2.75) is 44.8 Å². The quantitative estimate of drug-likeness (QED) is 0.447. The first kappa shape index (κ1) is 17.3. The molecule has 0 radical (unpaired) electrons. The summed E-state index contributed by atoms with van der Waals surface area (Å²) < 4.78 is 11.6. The number of unbranched alkanes of at least 4 members (excludes halogenated alkanes) is 2. The van der Waals surface area contributed by atoms with Crippen molar-refractivity contribution in [3.8, 4) is 0 Å². The number of hydrogen-bond donors (Lipinski definition) is 0. The van der Waals surface area contributed by atoms with Crippen molar-refractivity contribution >= 4 is 17.6 Å². The van der Waals surface area contributed by atoms with Crippen LogP contribution >= 0.6 is 0 Å². The third-order valence-corrected chi connectivity index (χ3v) is 5.77. The van der Waals surface area contributed by atoms with Crippen LogP contribution in [0.15, 0.2) is 36.4 Å². The number of benzene rings is 1. The maximum Gasteiger partial charge on any atom is 0.312 e.